The second-order valence-electron chi connectivity index (χ2n) is 7.90. The zero-order chi connectivity index (χ0) is 22.6. The van der Waals surface area contributed by atoms with Crippen LogP contribution in [0.1, 0.15) is 24.9 Å². The molecule has 1 unspecified atom stereocenters. The highest BCUT2D eigenvalue weighted by Gasteiger charge is 2.36. The first kappa shape index (κ1) is 20.5. The number of anilines is 3. The van der Waals surface area contributed by atoms with Crippen LogP contribution in [0.3, 0.4) is 0 Å². The van der Waals surface area contributed by atoms with E-state index in [0.29, 0.717) is 28.7 Å². The zero-order valence-electron chi connectivity index (χ0n) is 17.6. The van der Waals surface area contributed by atoms with Crippen molar-refractivity contribution in [2.24, 2.45) is 11.4 Å². The molecule has 8 nitrogen and oxygen atoms in total. The summed E-state index contributed by atoms with van der Waals surface area (Å²) < 4.78 is 43.8. The number of sulfonamides is 1. The summed E-state index contributed by atoms with van der Waals surface area (Å²) >= 11 is 0. The zero-order valence-corrected chi connectivity index (χ0v) is 18.4. The Balaban J connectivity index is 1.87. The molecule has 0 saturated carbocycles. The van der Waals surface area contributed by atoms with E-state index in [-0.39, 0.29) is 28.5 Å². The summed E-state index contributed by atoms with van der Waals surface area (Å²) in [5.74, 6) is -0.480. The Morgan fingerprint density at radius 2 is 1.97 bits per heavy atom. The number of hydrogen-bond acceptors (Lipinski definition) is 6. The van der Waals surface area contributed by atoms with Gasteiger partial charge in [-0.2, -0.15) is 4.40 Å². The first-order valence-electron chi connectivity index (χ1n) is 10.3. The number of fused-ring (bicyclic) bond motifs is 2. The van der Waals surface area contributed by atoms with Crippen molar-refractivity contribution in [3.05, 3.63) is 69.7 Å². The molecule has 2 aromatic carbocycles. The minimum atomic E-state index is -3.71. The predicted octanol–water partition coefficient (Wildman–Crippen LogP) is 2.63. The van der Waals surface area contributed by atoms with Gasteiger partial charge in [0.2, 0.25) is 0 Å². The molecule has 0 bridgehead atoms. The molecule has 1 aromatic heterocycles. The summed E-state index contributed by atoms with van der Waals surface area (Å²) in [5, 5.41) is 6.36. The van der Waals surface area contributed by atoms with Crippen molar-refractivity contribution in [1.82, 2.24) is 4.57 Å². The van der Waals surface area contributed by atoms with Gasteiger partial charge in [0.1, 0.15) is 5.82 Å². The van der Waals surface area contributed by atoms with Crippen LogP contribution in [-0.4, -0.2) is 25.3 Å². The summed E-state index contributed by atoms with van der Waals surface area (Å²) in [4.78, 5) is 13.2. The highest BCUT2D eigenvalue weighted by Crippen LogP contribution is 2.46. The molecule has 5 rings (SSSR count). The van der Waals surface area contributed by atoms with Gasteiger partial charge in [0.25, 0.3) is 15.6 Å². The lowest BCUT2D eigenvalue weighted by Gasteiger charge is -2.30. The van der Waals surface area contributed by atoms with Gasteiger partial charge in [0.15, 0.2) is 0 Å². The topological polar surface area (TPSA) is 95.8 Å². The number of nitrogens with one attached hydrogen (secondary N) is 2. The van der Waals surface area contributed by atoms with Gasteiger partial charge < -0.3 is 9.88 Å². The van der Waals surface area contributed by atoms with E-state index in [0.717, 1.165) is 17.7 Å². The summed E-state index contributed by atoms with van der Waals surface area (Å²) in [6.07, 6.45) is 2.35. The van der Waals surface area contributed by atoms with Crippen LogP contribution in [0.25, 0.3) is 10.8 Å². The molecule has 0 fully saturated rings. The Hall–Kier alpha value is -3.40. The smallest absolute Gasteiger partial charge is 0.260 e. The quantitative estimate of drug-likeness (QED) is 0.631. The second kappa shape index (κ2) is 7.33. The lowest BCUT2D eigenvalue weighted by atomic mass is 9.97. The Bertz CT molecular complexity index is 1480. The summed E-state index contributed by atoms with van der Waals surface area (Å²) in [6, 6.07) is 9.42. The molecule has 1 atom stereocenters. The second-order valence-corrected chi connectivity index (χ2v) is 9.83. The van der Waals surface area contributed by atoms with Gasteiger partial charge in [-0.05, 0) is 49.7 Å². The Morgan fingerprint density at radius 1 is 1.22 bits per heavy atom. The summed E-state index contributed by atoms with van der Waals surface area (Å²) in [5.41, 5.74) is 6.04. The molecule has 10 heteroatoms. The average molecular weight is 456 g/mol. The lowest BCUT2D eigenvalue weighted by molar-refractivity contribution is 0.598. The SMILES string of the molecule is CCS(=O)(=O)N=c1cc2c3c(c4c(=O)n(C)ccc14)NCCC3N(c1ccc(F)cc1)N2. The maximum absolute atomic E-state index is 13.5. The van der Waals surface area contributed by atoms with Gasteiger partial charge in [0.05, 0.1) is 39.6 Å². The monoisotopic (exact) mass is 455 g/mol. The van der Waals surface area contributed by atoms with Gasteiger partial charge in [-0.15, -0.1) is 0 Å². The van der Waals surface area contributed by atoms with Crippen molar-refractivity contribution in [2.45, 2.75) is 19.4 Å². The molecular weight excluding hydrogens is 433 g/mol. The third kappa shape index (κ3) is 3.22. The molecule has 0 amide bonds. The normalized spacial score (nSPS) is 17.8. The Labute approximate surface area is 184 Å². The molecule has 0 aliphatic carbocycles. The molecule has 32 heavy (non-hydrogen) atoms. The predicted molar refractivity (Wildman–Crippen MR) is 123 cm³/mol. The lowest BCUT2D eigenvalue weighted by Crippen LogP contribution is -2.31. The molecular formula is C22H22FN5O3S. The molecule has 2 aliphatic rings. The van der Waals surface area contributed by atoms with Crippen molar-refractivity contribution in [3.8, 4) is 0 Å². The molecule has 0 saturated heterocycles. The maximum atomic E-state index is 13.5. The minimum Gasteiger partial charge on any atom is -0.384 e. The fraction of sp³-hybridized carbons (Fsp3) is 0.273. The Kier molecular flexibility index (Phi) is 4.70. The Morgan fingerprint density at radius 3 is 2.69 bits per heavy atom. The summed E-state index contributed by atoms with van der Waals surface area (Å²) in [6.45, 7) is 2.15. The number of halogens is 1. The van der Waals surface area contributed by atoms with Crippen LogP contribution in [0.15, 0.2) is 51.8 Å². The van der Waals surface area contributed by atoms with E-state index in [1.54, 1.807) is 37.5 Å². The molecule has 0 spiro atoms. The van der Waals surface area contributed by atoms with Gasteiger partial charge in [-0.1, -0.05) is 0 Å². The number of aromatic nitrogens is 1. The maximum Gasteiger partial charge on any atom is 0.260 e. The van der Waals surface area contributed by atoms with E-state index in [9.17, 15) is 17.6 Å². The van der Waals surface area contributed by atoms with Crippen molar-refractivity contribution in [2.75, 3.05) is 28.0 Å². The van der Waals surface area contributed by atoms with E-state index in [2.05, 4.69) is 15.1 Å². The highest BCUT2D eigenvalue weighted by atomic mass is 32.2. The first-order valence-corrected chi connectivity index (χ1v) is 11.9. The van der Waals surface area contributed by atoms with E-state index >= 15 is 0 Å². The van der Waals surface area contributed by atoms with E-state index < -0.39 is 10.0 Å². The molecule has 3 aromatic rings. The van der Waals surface area contributed by atoms with Crippen LogP contribution >= 0.6 is 0 Å². The van der Waals surface area contributed by atoms with Crippen molar-refractivity contribution in [1.29, 1.82) is 0 Å². The largest absolute Gasteiger partial charge is 0.384 e. The van der Waals surface area contributed by atoms with Gasteiger partial charge in [-0.3, -0.25) is 15.2 Å². The van der Waals surface area contributed by atoms with E-state index in [1.165, 1.54) is 23.6 Å². The third-order valence-corrected chi connectivity index (χ3v) is 7.15. The number of benzene rings is 1. The fourth-order valence-corrected chi connectivity index (χ4v) is 4.93. The number of hydrogen-bond donors (Lipinski definition) is 2. The third-order valence-electron chi connectivity index (χ3n) is 5.95. The molecule has 3 heterocycles. The fourth-order valence-electron chi connectivity index (χ4n) is 4.35. The van der Waals surface area contributed by atoms with Crippen LogP contribution < -0.4 is 26.7 Å². The average Bonchev–Trinajstić information content (AvgIpc) is 3.08. The first-order chi connectivity index (χ1) is 15.3. The van der Waals surface area contributed by atoms with Crippen molar-refractivity contribution < 1.29 is 12.8 Å². The highest BCUT2D eigenvalue weighted by molar-refractivity contribution is 7.89. The van der Waals surface area contributed by atoms with Crippen LogP contribution in [-0.2, 0) is 17.1 Å². The van der Waals surface area contributed by atoms with Crippen LogP contribution in [0.2, 0.25) is 0 Å². The van der Waals surface area contributed by atoms with E-state index in [4.69, 9.17) is 0 Å². The van der Waals surface area contributed by atoms with E-state index in [1.807, 2.05) is 5.01 Å². The number of nitrogens with zero attached hydrogens (tertiary/aromatic N) is 3. The van der Waals surface area contributed by atoms with Crippen molar-refractivity contribution >= 4 is 37.9 Å². The molecule has 0 radical (unpaired) electrons. The molecule has 2 aliphatic heterocycles. The van der Waals surface area contributed by atoms with Crippen molar-refractivity contribution in [3.63, 3.8) is 0 Å². The number of pyridine rings is 1. The molecule has 2 N–H and O–H groups in total. The standard InChI is InChI=1S/C22H22FN5O3S/c1-3-32(30,31)26-16-12-17-20-18(28(25-17)14-6-4-13(23)5-7-14)8-10-24-21(20)19-15(16)9-11-27(2)22(19)29/h4-7,9,11-12,18,24-25H,3,8,10H2,1-2H3. The minimum absolute atomic E-state index is 0.122. The van der Waals surface area contributed by atoms with Gasteiger partial charge in [0, 0.05) is 30.7 Å². The van der Waals surface area contributed by atoms with Crippen LogP contribution in [0, 0.1) is 5.82 Å². The number of hydrazine groups is 1. The van der Waals surface area contributed by atoms with Crippen LogP contribution in [0.5, 0.6) is 0 Å². The summed E-state index contributed by atoms with van der Waals surface area (Å²) in [7, 11) is -2.05. The van der Waals surface area contributed by atoms with Gasteiger partial charge in [-0.25, -0.2) is 12.8 Å². The number of rotatable bonds is 3. The van der Waals surface area contributed by atoms with Crippen LogP contribution in [0.4, 0.5) is 21.5 Å². The molecule has 166 valence electrons. The van der Waals surface area contributed by atoms with Gasteiger partial charge >= 0.3 is 0 Å². The number of aryl methyl sites for hydroxylation is 1.